The molecule has 0 heterocycles. The summed E-state index contributed by atoms with van der Waals surface area (Å²) in [6.45, 7) is 0.192. The highest BCUT2D eigenvalue weighted by Crippen LogP contribution is 2.24. The minimum Gasteiger partial charge on any atom is -0.491 e. The maximum Gasteiger partial charge on any atom is 0.302 e. The Hall–Kier alpha value is -1.87. The zero-order valence-corrected chi connectivity index (χ0v) is 12.8. The summed E-state index contributed by atoms with van der Waals surface area (Å²) in [6.07, 6.45) is -2.04. The molecule has 0 saturated carbocycles. The maximum absolute atomic E-state index is 10.9. The van der Waals surface area contributed by atoms with Crippen molar-refractivity contribution in [1.29, 1.82) is 0 Å². The van der Waals surface area contributed by atoms with Crippen LogP contribution in [-0.2, 0) is 16.1 Å². The van der Waals surface area contributed by atoms with Gasteiger partial charge in [-0.2, -0.15) is 0 Å². The molecule has 8 heteroatoms. The smallest absolute Gasteiger partial charge is 0.302 e. The molecule has 1 aromatic carbocycles. The van der Waals surface area contributed by atoms with E-state index in [-0.39, 0.29) is 19.8 Å². The number of aliphatic hydroxyl groups excluding tert-OH is 4. The summed E-state index contributed by atoms with van der Waals surface area (Å²) < 4.78 is 15.6. The molecule has 0 bridgehead atoms. The largest absolute Gasteiger partial charge is 0.491 e. The number of esters is 1. The molecule has 2 atom stereocenters. The topological polar surface area (TPSA) is 126 Å². The van der Waals surface area contributed by atoms with Crippen LogP contribution >= 0.6 is 0 Å². The first-order valence-electron chi connectivity index (χ1n) is 7.05. The number of hydrogen-bond acceptors (Lipinski definition) is 8. The molecule has 0 aliphatic rings. The molecular formula is C15H22O8. The molecule has 0 spiro atoms. The van der Waals surface area contributed by atoms with Crippen LogP contribution in [0.15, 0.2) is 18.2 Å². The average Bonchev–Trinajstić information content (AvgIpc) is 2.55. The third kappa shape index (κ3) is 7.80. The van der Waals surface area contributed by atoms with Crippen molar-refractivity contribution in [2.75, 3.05) is 26.4 Å². The fourth-order valence-corrected chi connectivity index (χ4v) is 1.56. The van der Waals surface area contributed by atoms with Crippen molar-refractivity contribution in [3.05, 3.63) is 23.8 Å². The van der Waals surface area contributed by atoms with Gasteiger partial charge in [-0.1, -0.05) is 0 Å². The van der Waals surface area contributed by atoms with E-state index in [2.05, 4.69) is 0 Å². The van der Waals surface area contributed by atoms with Crippen molar-refractivity contribution in [3.8, 4) is 11.5 Å². The van der Waals surface area contributed by atoms with Crippen LogP contribution in [0.4, 0.5) is 0 Å². The SMILES string of the molecule is CC(=O)OCc1cc(OCC(O)CO)cc(OCC(O)CO)c1. The third-order valence-electron chi connectivity index (χ3n) is 2.69. The maximum atomic E-state index is 10.9. The van der Waals surface area contributed by atoms with Crippen LogP contribution in [-0.4, -0.2) is 65.0 Å². The monoisotopic (exact) mass is 330 g/mol. The number of benzene rings is 1. The Morgan fingerprint density at radius 3 is 1.87 bits per heavy atom. The van der Waals surface area contributed by atoms with Crippen LogP contribution in [0.1, 0.15) is 12.5 Å². The van der Waals surface area contributed by atoms with Crippen molar-refractivity contribution >= 4 is 5.97 Å². The van der Waals surface area contributed by atoms with Gasteiger partial charge in [0.05, 0.1) is 13.2 Å². The van der Waals surface area contributed by atoms with Gasteiger partial charge in [0, 0.05) is 13.0 Å². The Morgan fingerprint density at radius 1 is 1.00 bits per heavy atom. The number of rotatable bonds is 10. The Bertz CT molecular complexity index is 458. The van der Waals surface area contributed by atoms with Gasteiger partial charge in [0.15, 0.2) is 0 Å². The number of carbonyl (C=O) groups excluding carboxylic acids is 1. The standard InChI is InChI=1S/C15H22O8/c1-10(18)21-7-11-2-14(22-8-12(19)5-16)4-15(3-11)23-9-13(20)6-17/h2-4,12-13,16-17,19-20H,5-9H2,1H3. The summed E-state index contributed by atoms with van der Waals surface area (Å²) in [5.41, 5.74) is 0.588. The second-order valence-electron chi connectivity index (χ2n) is 4.89. The number of carbonyl (C=O) groups is 1. The number of ether oxygens (including phenoxy) is 3. The Kier molecular flexibility index (Phi) is 8.35. The van der Waals surface area contributed by atoms with E-state index in [0.717, 1.165) is 0 Å². The van der Waals surface area contributed by atoms with Gasteiger partial charge in [0.2, 0.25) is 0 Å². The van der Waals surface area contributed by atoms with E-state index >= 15 is 0 Å². The molecule has 4 N–H and O–H groups in total. The molecule has 1 aromatic rings. The highest BCUT2D eigenvalue weighted by atomic mass is 16.5. The zero-order valence-electron chi connectivity index (χ0n) is 12.8. The summed E-state index contributed by atoms with van der Waals surface area (Å²) in [7, 11) is 0. The molecule has 0 saturated heterocycles. The fourth-order valence-electron chi connectivity index (χ4n) is 1.56. The lowest BCUT2D eigenvalue weighted by molar-refractivity contribution is -0.142. The van der Waals surface area contributed by atoms with Crippen LogP contribution in [0.3, 0.4) is 0 Å². The zero-order chi connectivity index (χ0) is 17.2. The highest BCUT2D eigenvalue weighted by molar-refractivity contribution is 5.66. The molecule has 0 fully saturated rings. The van der Waals surface area contributed by atoms with Gasteiger partial charge in [-0.15, -0.1) is 0 Å². The fraction of sp³-hybridized carbons (Fsp3) is 0.533. The lowest BCUT2D eigenvalue weighted by Gasteiger charge is -2.15. The number of aliphatic hydroxyl groups is 4. The van der Waals surface area contributed by atoms with Crippen LogP contribution in [0, 0.1) is 0 Å². The van der Waals surface area contributed by atoms with Gasteiger partial charge >= 0.3 is 5.97 Å². The van der Waals surface area contributed by atoms with Gasteiger partial charge in [-0.05, 0) is 17.7 Å². The molecule has 0 amide bonds. The van der Waals surface area contributed by atoms with E-state index in [4.69, 9.17) is 24.4 Å². The summed E-state index contributed by atoms with van der Waals surface area (Å²) in [5.74, 6) is 0.247. The highest BCUT2D eigenvalue weighted by Gasteiger charge is 2.09. The molecule has 0 aliphatic carbocycles. The Labute approximate surface area is 133 Å². The molecule has 2 unspecified atom stereocenters. The molecule has 23 heavy (non-hydrogen) atoms. The van der Waals surface area contributed by atoms with Crippen LogP contribution in [0.25, 0.3) is 0 Å². The molecule has 1 rings (SSSR count). The first kappa shape index (κ1) is 19.2. The van der Waals surface area contributed by atoms with E-state index in [1.165, 1.54) is 13.0 Å². The van der Waals surface area contributed by atoms with Crippen molar-refractivity contribution in [2.24, 2.45) is 0 Å². The Morgan fingerprint density at radius 2 is 1.48 bits per heavy atom. The van der Waals surface area contributed by atoms with Crippen LogP contribution < -0.4 is 9.47 Å². The first-order valence-corrected chi connectivity index (χ1v) is 7.05. The van der Waals surface area contributed by atoms with E-state index in [9.17, 15) is 15.0 Å². The van der Waals surface area contributed by atoms with Crippen molar-refractivity contribution in [1.82, 2.24) is 0 Å². The van der Waals surface area contributed by atoms with Gasteiger partial charge in [-0.25, -0.2) is 0 Å². The quantitative estimate of drug-likeness (QED) is 0.411. The van der Waals surface area contributed by atoms with Gasteiger partial charge in [-0.3, -0.25) is 4.79 Å². The van der Waals surface area contributed by atoms with Crippen LogP contribution in [0.5, 0.6) is 11.5 Å². The first-order chi connectivity index (χ1) is 10.9. The predicted molar refractivity (Wildman–Crippen MR) is 79.1 cm³/mol. The van der Waals surface area contributed by atoms with Gasteiger partial charge in [0.25, 0.3) is 0 Å². The van der Waals surface area contributed by atoms with Crippen molar-refractivity contribution in [3.63, 3.8) is 0 Å². The summed E-state index contributed by atoms with van der Waals surface area (Å²) in [4.78, 5) is 10.9. The normalized spacial score (nSPS) is 13.3. The summed E-state index contributed by atoms with van der Waals surface area (Å²) in [5, 5.41) is 36.2. The minimum atomic E-state index is -1.02. The van der Waals surface area contributed by atoms with Crippen LogP contribution in [0.2, 0.25) is 0 Å². The van der Waals surface area contributed by atoms with Gasteiger partial charge in [0.1, 0.15) is 43.5 Å². The predicted octanol–water partition coefficient (Wildman–Crippen LogP) is -0.786. The molecule has 0 aliphatic heterocycles. The molecule has 8 nitrogen and oxygen atoms in total. The second-order valence-corrected chi connectivity index (χ2v) is 4.89. The Balaban J connectivity index is 2.80. The lowest BCUT2D eigenvalue weighted by Crippen LogP contribution is -2.22. The van der Waals surface area contributed by atoms with Crippen molar-refractivity contribution < 1.29 is 39.4 Å². The molecule has 0 aromatic heterocycles. The summed E-state index contributed by atoms with van der Waals surface area (Å²) in [6, 6.07) is 4.72. The van der Waals surface area contributed by atoms with E-state index < -0.39 is 31.4 Å². The number of hydrogen-bond donors (Lipinski definition) is 4. The second kappa shape index (κ2) is 10.0. The minimum absolute atomic E-state index is 0.00794. The van der Waals surface area contributed by atoms with Gasteiger partial charge < -0.3 is 34.6 Å². The molecule has 0 radical (unpaired) electrons. The summed E-state index contributed by atoms with van der Waals surface area (Å²) >= 11 is 0. The van der Waals surface area contributed by atoms with Crippen molar-refractivity contribution in [2.45, 2.75) is 25.7 Å². The average molecular weight is 330 g/mol. The third-order valence-corrected chi connectivity index (χ3v) is 2.69. The molecule has 130 valence electrons. The lowest BCUT2D eigenvalue weighted by atomic mass is 10.2. The molecular weight excluding hydrogens is 308 g/mol. The van der Waals surface area contributed by atoms with E-state index in [1.807, 2.05) is 0 Å². The van der Waals surface area contributed by atoms with E-state index in [0.29, 0.717) is 17.1 Å². The van der Waals surface area contributed by atoms with E-state index in [1.54, 1.807) is 12.1 Å².